The molecule has 1 amide bonds. The van der Waals surface area contributed by atoms with Gasteiger partial charge in [-0.05, 0) is 24.8 Å². The van der Waals surface area contributed by atoms with E-state index >= 15 is 0 Å². The van der Waals surface area contributed by atoms with Crippen LogP contribution in [0, 0.1) is 5.41 Å². The molecule has 0 saturated carbocycles. The molecule has 21 heavy (non-hydrogen) atoms. The highest BCUT2D eigenvalue weighted by Crippen LogP contribution is 2.29. The number of rotatable bonds is 6. The van der Waals surface area contributed by atoms with Crippen LogP contribution in [0.2, 0.25) is 0 Å². The standard InChI is InChI=1S/C16H24N2O3/c17-12-16(6-8-21-9-7-16)15(20)18-14(11-19)10-13-4-2-1-3-5-13/h1-5,14,19H,6-12,17H2,(H,18,20). The van der Waals surface area contributed by atoms with Gasteiger partial charge in [-0.3, -0.25) is 4.79 Å². The van der Waals surface area contributed by atoms with Gasteiger partial charge in [-0.25, -0.2) is 0 Å². The Kier molecular flexibility index (Phi) is 5.73. The number of amides is 1. The first kappa shape index (κ1) is 15.9. The number of aliphatic hydroxyl groups is 1. The van der Waals surface area contributed by atoms with E-state index in [1.807, 2.05) is 30.3 Å². The summed E-state index contributed by atoms with van der Waals surface area (Å²) in [5.41, 5.74) is 6.37. The summed E-state index contributed by atoms with van der Waals surface area (Å²) in [5, 5.41) is 12.5. The van der Waals surface area contributed by atoms with Crippen molar-refractivity contribution in [2.45, 2.75) is 25.3 Å². The van der Waals surface area contributed by atoms with Crippen LogP contribution >= 0.6 is 0 Å². The lowest BCUT2D eigenvalue weighted by Crippen LogP contribution is -2.53. The van der Waals surface area contributed by atoms with Crippen LogP contribution in [0.3, 0.4) is 0 Å². The summed E-state index contributed by atoms with van der Waals surface area (Å²) in [6, 6.07) is 9.54. The van der Waals surface area contributed by atoms with E-state index in [1.54, 1.807) is 0 Å². The Balaban J connectivity index is 1.98. The number of ether oxygens (including phenoxy) is 1. The Morgan fingerprint density at radius 2 is 2.00 bits per heavy atom. The van der Waals surface area contributed by atoms with E-state index in [1.165, 1.54) is 0 Å². The number of carbonyl (C=O) groups excluding carboxylic acids is 1. The lowest BCUT2D eigenvalue weighted by molar-refractivity contribution is -0.137. The predicted octanol–water partition coefficient (Wildman–Crippen LogP) is 0.462. The Hall–Kier alpha value is -1.43. The minimum atomic E-state index is -0.553. The van der Waals surface area contributed by atoms with E-state index in [0.29, 0.717) is 39.0 Å². The predicted molar refractivity (Wildman–Crippen MR) is 80.7 cm³/mol. The molecule has 0 aromatic heterocycles. The van der Waals surface area contributed by atoms with Crippen molar-refractivity contribution in [3.05, 3.63) is 35.9 Å². The summed E-state index contributed by atoms with van der Waals surface area (Å²) in [6.45, 7) is 1.35. The van der Waals surface area contributed by atoms with Crippen molar-refractivity contribution in [1.82, 2.24) is 5.32 Å². The first-order valence-corrected chi connectivity index (χ1v) is 7.44. The molecule has 5 nitrogen and oxygen atoms in total. The molecule has 1 aliphatic rings. The molecule has 4 N–H and O–H groups in total. The highest BCUT2D eigenvalue weighted by molar-refractivity contribution is 5.83. The van der Waals surface area contributed by atoms with Crippen LogP contribution < -0.4 is 11.1 Å². The van der Waals surface area contributed by atoms with Crippen LogP contribution in [0.4, 0.5) is 0 Å². The number of nitrogens with one attached hydrogen (secondary N) is 1. The third-order valence-electron chi connectivity index (χ3n) is 4.20. The van der Waals surface area contributed by atoms with Gasteiger partial charge in [0.05, 0.1) is 18.1 Å². The molecule has 1 aromatic carbocycles. The molecule has 2 rings (SSSR count). The highest BCUT2D eigenvalue weighted by atomic mass is 16.5. The van der Waals surface area contributed by atoms with Gasteiger partial charge >= 0.3 is 0 Å². The van der Waals surface area contributed by atoms with E-state index in [0.717, 1.165) is 5.56 Å². The maximum atomic E-state index is 12.6. The number of carbonyl (C=O) groups is 1. The van der Waals surface area contributed by atoms with Gasteiger partial charge in [-0.15, -0.1) is 0 Å². The Morgan fingerprint density at radius 3 is 2.57 bits per heavy atom. The third kappa shape index (κ3) is 4.03. The summed E-state index contributed by atoms with van der Waals surface area (Å²) in [5.74, 6) is -0.0664. The van der Waals surface area contributed by atoms with Crippen LogP contribution in [0.1, 0.15) is 18.4 Å². The van der Waals surface area contributed by atoms with Crippen LogP contribution in [-0.4, -0.2) is 43.4 Å². The second-order valence-electron chi connectivity index (χ2n) is 5.64. The summed E-state index contributed by atoms with van der Waals surface area (Å²) >= 11 is 0. The van der Waals surface area contributed by atoms with Crippen LogP contribution in [0.5, 0.6) is 0 Å². The van der Waals surface area contributed by atoms with Crippen LogP contribution in [-0.2, 0) is 16.0 Å². The fraction of sp³-hybridized carbons (Fsp3) is 0.562. The molecule has 0 aliphatic carbocycles. The van der Waals surface area contributed by atoms with Gasteiger partial charge in [0.1, 0.15) is 0 Å². The lowest BCUT2D eigenvalue weighted by atomic mass is 9.79. The zero-order chi connectivity index (χ0) is 15.1. The Labute approximate surface area is 125 Å². The Morgan fingerprint density at radius 1 is 1.33 bits per heavy atom. The fourth-order valence-corrected chi connectivity index (χ4v) is 2.68. The normalized spacial score (nSPS) is 19.0. The maximum absolute atomic E-state index is 12.6. The molecular weight excluding hydrogens is 268 g/mol. The van der Waals surface area contributed by atoms with E-state index < -0.39 is 5.41 Å². The van der Waals surface area contributed by atoms with Gasteiger partial charge in [0, 0.05) is 19.8 Å². The molecule has 1 fully saturated rings. The van der Waals surface area contributed by atoms with Crippen molar-refractivity contribution < 1.29 is 14.6 Å². The van der Waals surface area contributed by atoms with E-state index in [9.17, 15) is 9.90 Å². The number of benzene rings is 1. The molecule has 1 atom stereocenters. The van der Waals surface area contributed by atoms with Crippen molar-refractivity contribution in [3.63, 3.8) is 0 Å². The largest absolute Gasteiger partial charge is 0.394 e. The second-order valence-corrected chi connectivity index (χ2v) is 5.64. The number of hydrogen-bond donors (Lipinski definition) is 3. The third-order valence-corrected chi connectivity index (χ3v) is 4.20. The van der Waals surface area contributed by atoms with Gasteiger partial charge < -0.3 is 20.9 Å². The Bertz CT molecular complexity index is 444. The molecule has 116 valence electrons. The summed E-state index contributed by atoms with van der Waals surface area (Å²) in [7, 11) is 0. The fourth-order valence-electron chi connectivity index (χ4n) is 2.68. The molecular formula is C16H24N2O3. The smallest absolute Gasteiger partial charge is 0.227 e. The van der Waals surface area contributed by atoms with Gasteiger partial charge in [-0.1, -0.05) is 30.3 Å². The molecule has 1 saturated heterocycles. The first-order chi connectivity index (χ1) is 10.2. The SMILES string of the molecule is NCC1(C(=O)NC(CO)Cc2ccccc2)CCOCC1. The maximum Gasteiger partial charge on any atom is 0.227 e. The van der Waals surface area contributed by atoms with Gasteiger partial charge in [0.25, 0.3) is 0 Å². The van der Waals surface area contributed by atoms with Crippen molar-refractivity contribution >= 4 is 5.91 Å². The minimum absolute atomic E-state index is 0.0664. The topological polar surface area (TPSA) is 84.6 Å². The monoisotopic (exact) mass is 292 g/mol. The summed E-state index contributed by atoms with van der Waals surface area (Å²) in [6.07, 6.45) is 1.89. The zero-order valence-electron chi connectivity index (χ0n) is 12.3. The average molecular weight is 292 g/mol. The molecule has 5 heteroatoms. The number of hydrogen-bond acceptors (Lipinski definition) is 4. The van der Waals surface area contributed by atoms with Crippen LogP contribution in [0.25, 0.3) is 0 Å². The molecule has 0 radical (unpaired) electrons. The average Bonchev–Trinajstić information content (AvgIpc) is 2.55. The quantitative estimate of drug-likeness (QED) is 0.711. The van der Waals surface area contributed by atoms with E-state index in [-0.39, 0.29) is 18.6 Å². The van der Waals surface area contributed by atoms with E-state index in [2.05, 4.69) is 5.32 Å². The summed E-state index contributed by atoms with van der Waals surface area (Å²) in [4.78, 5) is 12.6. The van der Waals surface area contributed by atoms with Crippen molar-refractivity contribution in [2.24, 2.45) is 11.1 Å². The van der Waals surface area contributed by atoms with E-state index in [4.69, 9.17) is 10.5 Å². The molecule has 0 spiro atoms. The zero-order valence-corrected chi connectivity index (χ0v) is 12.3. The molecule has 1 heterocycles. The lowest BCUT2D eigenvalue weighted by Gasteiger charge is -2.35. The van der Waals surface area contributed by atoms with Crippen molar-refractivity contribution in [2.75, 3.05) is 26.4 Å². The highest BCUT2D eigenvalue weighted by Gasteiger charge is 2.39. The van der Waals surface area contributed by atoms with Gasteiger partial charge in [0.15, 0.2) is 0 Å². The second kappa shape index (κ2) is 7.54. The first-order valence-electron chi connectivity index (χ1n) is 7.44. The summed E-state index contributed by atoms with van der Waals surface area (Å²) < 4.78 is 5.32. The molecule has 1 aromatic rings. The molecule has 0 bridgehead atoms. The number of aliphatic hydroxyl groups excluding tert-OH is 1. The minimum Gasteiger partial charge on any atom is -0.394 e. The number of nitrogens with two attached hydrogens (primary N) is 1. The van der Waals surface area contributed by atoms with Gasteiger partial charge in [0.2, 0.25) is 5.91 Å². The van der Waals surface area contributed by atoms with Crippen molar-refractivity contribution in [3.8, 4) is 0 Å². The molecule has 1 unspecified atom stereocenters. The van der Waals surface area contributed by atoms with Gasteiger partial charge in [-0.2, -0.15) is 0 Å². The molecule has 1 aliphatic heterocycles. The van der Waals surface area contributed by atoms with Crippen LogP contribution in [0.15, 0.2) is 30.3 Å². The van der Waals surface area contributed by atoms with Crippen molar-refractivity contribution in [1.29, 1.82) is 0 Å².